The zero-order valence-corrected chi connectivity index (χ0v) is 22.1. The van der Waals surface area contributed by atoms with E-state index in [2.05, 4.69) is 11.9 Å². The molecule has 0 radical (unpaired) electrons. The van der Waals surface area contributed by atoms with Gasteiger partial charge in [-0.3, -0.25) is 14.5 Å². The first kappa shape index (κ1) is 25.9. The van der Waals surface area contributed by atoms with Crippen LogP contribution in [0.2, 0.25) is 5.02 Å². The molecule has 1 unspecified atom stereocenters. The largest absolute Gasteiger partial charge is 0.507 e. The van der Waals surface area contributed by atoms with Crippen molar-refractivity contribution < 1.29 is 23.8 Å². The first-order valence-electron chi connectivity index (χ1n) is 12.2. The minimum absolute atomic E-state index is 0.0779. The van der Waals surface area contributed by atoms with Crippen LogP contribution in [0.5, 0.6) is 5.75 Å². The number of carbonyl (C=O) groups is 2. The Hall–Kier alpha value is -3.75. The summed E-state index contributed by atoms with van der Waals surface area (Å²) in [5.74, 6) is -1.85. The SMILES string of the molecule is CCCCCOc1cccc(C2/C(=C(\O)c3ccc(Cl)cc3)C(=O)C(=O)N2c2nc3ccc(F)cc3s2)c1. The number of unbranched alkanes of at least 4 members (excludes halogenated alkanes) is 2. The number of hydrogen-bond acceptors (Lipinski definition) is 6. The predicted molar refractivity (Wildman–Crippen MR) is 147 cm³/mol. The van der Waals surface area contributed by atoms with Crippen LogP contribution in [0, 0.1) is 5.82 Å². The number of carbonyl (C=O) groups excluding carboxylic acids is 2. The second-order valence-corrected chi connectivity index (χ2v) is 10.4. The second-order valence-electron chi connectivity index (χ2n) is 8.91. The maximum Gasteiger partial charge on any atom is 0.301 e. The molecular weight excluding hydrogens is 527 g/mol. The van der Waals surface area contributed by atoms with Crippen molar-refractivity contribution >= 4 is 55.7 Å². The Bertz CT molecular complexity index is 1550. The molecule has 3 aromatic carbocycles. The molecule has 1 saturated heterocycles. The Morgan fingerprint density at radius 1 is 1.11 bits per heavy atom. The van der Waals surface area contributed by atoms with Crippen molar-refractivity contribution in [3.8, 4) is 5.75 Å². The third kappa shape index (κ3) is 5.01. The van der Waals surface area contributed by atoms with E-state index in [1.54, 1.807) is 48.5 Å². The number of anilines is 1. The molecule has 0 saturated carbocycles. The number of ether oxygens (including phenoxy) is 1. The van der Waals surface area contributed by atoms with Crippen LogP contribution in [-0.4, -0.2) is 28.4 Å². The normalized spacial score (nSPS) is 16.9. The number of nitrogens with zero attached hydrogens (tertiary/aromatic N) is 2. The summed E-state index contributed by atoms with van der Waals surface area (Å²) in [4.78, 5) is 32.6. The molecule has 0 aliphatic carbocycles. The molecule has 1 amide bonds. The van der Waals surface area contributed by atoms with Gasteiger partial charge in [0.25, 0.3) is 5.78 Å². The van der Waals surface area contributed by atoms with Crippen molar-refractivity contribution in [2.24, 2.45) is 0 Å². The van der Waals surface area contributed by atoms with Crippen molar-refractivity contribution in [3.05, 3.63) is 94.3 Å². The van der Waals surface area contributed by atoms with Crippen LogP contribution in [-0.2, 0) is 9.59 Å². The molecule has 1 fully saturated rings. The molecular formula is C29H24ClFN2O4S. The molecule has 0 bridgehead atoms. The lowest BCUT2D eigenvalue weighted by atomic mass is 9.95. The first-order chi connectivity index (χ1) is 18.4. The topological polar surface area (TPSA) is 79.7 Å². The van der Waals surface area contributed by atoms with E-state index in [4.69, 9.17) is 16.3 Å². The molecule has 4 aromatic rings. The highest BCUT2D eigenvalue weighted by Gasteiger charge is 2.48. The number of hydrogen-bond donors (Lipinski definition) is 1. The number of benzene rings is 3. The summed E-state index contributed by atoms with van der Waals surface area (Å²) in [5.41, 5.74) is 1.33. The van der Waals surface area contributed by atoms with Gasteiger partial charge in [0.15, 0.2) is 5.13 Å². The van der Waals surface area contributed by atoms with Crippen LogP contribution >= 0.6 is 22.9 Å². The number of rotatable bonds is 8. The van der Waals surface area contributed by atoms with E-state index in [0.29, 0.717) is 38.7 Å². The molecule has 1 atom stereocenters. The Kier molecular flexibility index (Phi) is 7.44. The molecule has 1 aliphatic rings. The number of halogens is 2. The summed E-state index contributed by atoms with van der Waals surface area (Å²) < 4.78 is 20.3. The molecule has 5 rings (SSSR count). The van der Waals surface area contributed by atoms with Crippen LogP contribution in [0.3, 0.4) is 0 Å². The number of Topliss-reactive ketones (excluding diaryl/α,β-unsaturated/α-hetero) is 1. The number of aliphatic hydroxyl groups is 1. The van der Waals surface area contributed by atoms with Gasteiger partial charge in [-0.25, -0.2) is 9.37 Å². The molecule has 6 nitrogen and oxygen atoms in total. The lowest BCUT2D eigenvalue weighted by Crippen LogP contribution is -2.29. The van der Waals surface area contributed by atoms with Crippen molar-refractivity contribution in [2.75, 3.05) is 11.5 Å². The van der Waals surface area contributed by atoms with Gasteiger partial charge in [-0.1, -0.05) is 54.8 Å². The molecule has 194 valence electrons. The van der Waals surface area contributed by atoms with Gasteiger partial charge in [0.05, 0.1) is 28.4 Å². The number of aliphatic hydroxyl groups excluding tert-OH is 1. The number of fused-ring (bicyclic) bond motifs is 1. The van der Waals surface area contributed by atoms with Crippen LogP contribution < -0.4 is 9.64 Å². The highest BCUT2D eigenvalue weighted by molar-refractivity contribution is 7.22. The van der Waals surface area contributed by atoms with Crippen LogP contribution in [0.25, 0.3) is 16.0 Å². The van der Waals surface area contributed by atoms with Crippen molar-refractivity contribution in [2.45, 2.75) is 32.2 Å². The Balaban J connectivity index is 1.64. The van der Waals surface area contributed by atoms with Crippen LogP contribution in [0.15, 0.2) is 72.3 Å². The van der Waals surface area contributed by atoms with Gasteiger partial charge in [0.2, 0.25) is 0 Å². The fourth-order valence-electron chi connectivity index (χ4n) is 4.41. The molecule has 1 aromatic heterocycles. The van der Waals surface area contributed by atoms with Crippen molar-refractivity contribution in [1.29, 1.82) is 0 Å². The average Bonchev–Trinajstić information content (AvgIpc) is 3.44. The molecule has 1 N–H and O–H groups in total. The van der Waals surface area contributed by atoms with Gasteiger partial charge in [0.1, 0.15) is 17.3 Å². The Morgan fingerprint density at radius 2 is 1.89 bits per heavy atom. The van der Waals surface area contributed by atoms with E-state index >= 15 is 0 Å². The zero-order chi connectivity index (χ0) is 26.8. The van der Waals surface area contributed by atoms with E-state index in [9.17, 15) is 19.1 Å². The highest BCUT2D eigenvalue weighted by atomic mass is 35.5. The van der Waals surface area contributed by atoms with Gasteiger partial charge in [-0.2, -0.15) is 0 Å². The van der Waals surface area contributed by atoms with Gasteiger partial charge in [0, 0.05) is 10.6 Å². The fourth-order valence-corrected chi connectivity index (χ4v) is 5.56. The summed E-state index contributed by atoms with van der Waals surface area (Å²) in [5, 5.41) is 12.0. The quantitative estimate of drug-likeness (QED) is 0.108. The number of thiazole rings is 1. The summed E-state index contributed by atoms with van der Waals surface area (Å²) in [6, 6.07) is 16.6. The minimum Gasteiger partial charge on any atom is -0.507 e. The van der Waals surface area contributed by atoms with Crippen LogP contribution in [0.4, 0.5) is 9.52 Å². The number of amides is 1. The summed E-state index contributed by atoms with van der Waals surface area (Å²) in [6.45, 7) is 2.65. The summed E-state index contributed by atoms with van der Waals surface area (Å²) in [6.07, 6.45) is 3.01. The molecule has 0 spiro atoms. The lowest BCUT2D eigenvalue weighted by molar-refractivity contribution is -0.132. The van der Waals surface area contributed by atoms with Gasteiger partial charge >= 0.3 is 5.91 Å². The fraction of sp³-hybridized carbons (Fsp3) is 0.207. The lowest BCUT2D eigenvalue weighted by Gasteiger charge is -2.23. The molecule has 1 aliphatic heterocycles. The maximum absolute atomic E-state index is 13.9. The summed E-state index contributed by atoms with van der Waals surface area (Å²) >= 11 is 7.11. The second kappa shape index (κ2) is 10.9. The average molecular weight is 551 g/mol. The monoisotopic (exact) mass is 550 g/mol. The maximum atomic E-state index is 13.9. The van der Waals surface area contributed by atoms with Gasteiger partial charge < -0.3 is 9.84 Å². The Labute approximate surface area is 228 Å². The standard InChI is InChI=1S/C29H24ClFN2O4S/c1-2-3-4-14-37-21-7-5-6-18(15-21)25-24(26(34)17-8-10-19(30)11-9-17)27(35)28(36)33(25)29-32-22-13-12-20(31)16-23(22)38-29/h5-13,15-16,25,34H,2-4,14H2,1H3/b26-24+. The van der Waals surface area contributed by atoms with Gasteiger partial charge in [-0.15, -0.1) is 0 Å². The molecule has 38 heavy (non-hydrogen) atoms. The van der Waals surface area contributed by atoms with Crippen molar-refractivity contribution in [3.63, 3.8) is 0 Å². The van der Waals surface area contributed by atoms with E-state index in [1.807, 2.05) is 0 Å². The van der Waals surface area contributed by atoms with Crippen molar-refractivity contribution in [1.82, 2.24) is 4.98 Å². The number of ketones is 1. The predicted octanol–water partition coefficient (Wildman–Crippen LogP) is 7.28. The third-order valence-corrected chi connectivity index (χ3v) is 7.57. The third-order valence-electron chi connectivity index (χ3n) is 6.30. The Morgan fingerprint density at radius 3 is 2.66 bits per heavy atom. The first-order valence-corrected chi connectivity index (χ1v) is 13.4. The van der Waals surface area contributed by atoms with Crippen LogP contribution in [0.1, 0.15) is 43.4 Å². The number of aromatic nitrogens is 1. The molecule has 9 heteroatoms. The molecule has 2 heterocycles. The van der Waals surface area contributed by atoms with E-state index in [1.165, 1.54) is 23.1 Å². The smallest absolute Gasteiger partial charge is 0.301 e. The van der Waals surface area contributed by atoms with Gasteiger partial charge in [-0.05, 0) is 66.6 Å². The zero-order valence-electron chi connectivity index (χ0n) is 20.5. The van der Waals surface area contributed by atoms with E-state index in [-0.39, 0.29) is 16.5 Å². The highest BCUT2D eigenvalue weighted by Crippen LogP contribution is 2.45. The van der Waals surface area contributed by atoms with E-state index in [0.717, 1.165) is 30.6 Å². The summed E-state index contributed by atoms with van der Waals surface area (Å²) in [7, 11) is 0. The van der Waals surface area contributed by atoms with E-state index < -0.39 is 23.5 Å². The minimum atomic E-state index is -0.977.